The molecule has 0 fully saturated rings. The Bertz CT molecular complexity index is 681. The Kier molecular flexibility index (Phi) is 3.74. The Hall–Kier alpha value is -2.77. The number of benzene rings is 2. The summed E-state index contributed by atoms with van der Waals surface area (Å²) in [5.74, 6) is -4.45. The number of nitrogens with zero attached hydrogens (tertiary/aromatic N) is 3. The van der Waals surface area contributed by atoms with Crippen LogP contribution in [0.3, 0.4) is 0 Å². The van der Waals surface area contributed by atoms with Gasteiger partial charge in [0.1, 0.15) is 0 Å². The van der Waals surface area contributed by atoms with Gasteiger partial charge in [0, 0.05) is 18.2 Å². The Morgan fingerprint density at radius 1 is 1.00 bits per heavy atom. The first-order valence-electron chi connectivity index (χ1n) is 5.28. The second kappa shape index (κ2) is 5.47. The second-order valence-corrected chi connectivity index (χ2v) is 3.67. The molecule has 0 radical (unpaired) electrons. The summed E-state index contributed by atoms with van der Waals surface area (Å²) in [6.07, 6.45) is 0. The van der Waals surface area contributed by atoms with Crippen LogP contribution in [0.4, 0.5) is 30.2 Å². The lowest BCUT2D eigenvalue weighted by Crippen LogP contribution is -1.89. The van der Waals surface area contributed by atoms with Crippen LogP contribution < -0.4 is 0 Å². The maximum Gasteiger partial charge on any atom is 0.296 e. The highest BCUT2D eigenvalue weighted by Crippen LogP contribution is 2.29. The molecule has 2 aromatic carbocycles. The third-order valence-electron chi connectivity index (χ3n) is 2.32. The van der Waals surface area contributed by atoms with Crippen molar-refractivity contribution in [2.24, 2.45) is 10.2 Å². The van der Waals surface area contributed by atoms with Crippen LogP contribution in [0, 0.1) is 27.6 Å². The normalized spacial score (nSPS) is 10.9. The molecule has 0 unspecified atom stereocenters. The summed E-state index contributed by atoms with van der Waals surface area (Å²) in [7, 11) is 0. The van der Waals surface area contributed by atoms with Gasteiger partial charge >= 0.3 is 0 Å². The molecule has 0 aromatic heterocycles. The lowest BCUT2D eigenvalue weighted by Gasteiger charge is -1.98. The zero-order valence-corrected chi connectivity index (χ0v) is 9.76. The van der Waals surface area contributed by atoms with Crippen LogP contribution >= 0.6 is 0 Å². The van der Waals surface area contributed by atoms with Crippen LogP contribution in [0.2, 0.25) is 0 Å². The third kappa shape index (κ3) is 2.79. The second-order valence-electron chi connectivity index (χ2n) is 3.67. The molecule has 0 atom stereocenters. The van der Waals surface area contributed by atoms with Gasteiger partial charge in [-0.3, -0.25) is 10.1 Å². The lowest BCUT2D eigenvalue weighted by atomic mass is 10.3. The van der Waals surface area contributed by atoms with Crippen molar-refractivity contribution in [1.82, 2.24) is 0 Å². The van der Waals surface area contributed by atoms with E-state index in [-0.39, 0.29) is 17.1 Å². The van der Waals surface area contributed by atoms with Crippen molar-refractivity contribution >= 4 is 17.1 Å². The number of hydrogen-bond donors (Lipinski definition) is 0. The largest absolute Gasteiger partial charge is 0.296 e. The van der Waals surface area contributed by atoms with Crippen molar-refractivity contribution in [3.05, 3.63) is 64.0 Å². The first-order valence-corrected chi connectivity index (χ1v) is 5.28. The number of nitro groups is 1. The predicted molar refractivity (Wildman–Crippen MR) is 63.6 cm³/mol. The molecule has 2 aromatic rings. The number of azo groups is 1. The van der Waals surface area contributed by atoms with E-state index in [9.17, 15) is 23.3 Å². The molecular formula is C12H6F3N3O2. The fraction of sp³-hybridized carbons (Fsp3) is 0. The van der Waals surface area contributed by atoms with Crippen LogP contribution in [0.25, 0.3) is 0 Å². The van der Waals surface area contributed by atoms with Gasteiger partial charge in [0.15, 0.2) is 23.1 Å². The first kappa shape index (κ1) is 13.7. The van der Waals surface area contributed by atoms with Gasteiger partial charge in [0.2, 0.25) is 0 Å². The summed E-state index contributed by atoms with van der Waals surface area (Å²) in [6, 6.07) is 6.73. The SMILES string of the molecule is O=[N+]([O-])c1ccccc1N=Nc1cc(F)c(F)c(F)c1. The summed E-state index contributed by atoms with van der Waals surface area (Å²) < 4.78 is 38.6. The van der Waals surface area contributed by atoms with E-state index < -0.39 is 22.4 Å². The number of para-hydroxylation sites is 1. The topological polar surface area (TPSA) is 67.9 Å². The average molecular weight is 281 g/mol. The molecule has 0 N–H and O–H groups in total. The van der Waals surface area contributed by atoms with Gasteiger partial charge in [-0.2, -0.15) is 5.11 Å². The monoisotopic (exact) mass is 281 g/mol. The molecule has 0 saturated carbocycles. The molecule has 8 heteroatoms. The Morgan fingerprint density at radius 3 is 2.20 bits per heavy atom. The quantitative estimate of drug-likeness (QED) is 0.361. The average Bonchev–Trinajstić information content (AvgIpc) is 2.42. The molecule has 0 bridgehead atoms. The van der Waals surface area contributed by atoms with Gasteiger partial charge in [-0.25, -0.2) is 13.2 Å². The van der Waals surface area contributed by atoms with Crippen LogP contribution in [0.1, 0.15) is 0 Å². The predicted octanol–water partition coefficient (Wildman–Crippen LogP) is 4.43. The molecule has 0 spiro atoms. The number of nitro benzene ring substituents is 1. The van der Waals surface area contributed by atoms with E-state index in [1.54, 1.807) is 0 Å². The van der Waals surface area contributed by atoms with Crippen molar-refractivity contribution < 1.29 is 18.1 Å². The maximum atomic E-state index is 12.9. The van der Waals surface area contributed by atoms with E-state index in [1.807, 2.05) is 0 Å². The summed E-state index contributed by atoms with van der Waals surface area (Å²) >= 11 is 0. The van der Waals surface area contributed by atoms with E-state index in [0.29, 0.717) is 12.1 Å². The summed E-state index contributed by atoms with van der Waals surface area (Å²) in [4.78, 5) is 10.1. The van der Waals surface area contributed by atoms with E-state index in [1.165, 1.54) is 24.3 Å². The fourth-order valence-electron chi connectivity index (χ4n) is 1.41. The van der Waals surface area contributed by atoms with Gasteiger partial charge in [-0.05, 0) is 6.07 Å². The molecule has 102 valence electrons. The molecule has 0 saturated heterocycles. The van der Waals surface area contributed by atoms with Crippen molar-refractivity contribution in [3.8, 4) is 0 Å². The van der Waals surface area contributed by atoms with Crippen LogP contribution in [0.5, 0.6) is 0 Å². The fourth-order valence-corrected chi connectivity index (χ4v) is 1.41. The number of halogens is 3. The lowest BCUT2D eigenvalue weighted by molar-refractivity contribution is -0.384. The standard InChI is InChI=1S/C12H6F3N3O2/c13-8-5-7(6-9(14)12(8)15)16-17-10-3-1-2-4-11(10)18(19)20/h1-6H. The van der Waals surface area contributed by atoms with E-state index in [0.717, 1.165) is 0 Å². The van der Waals surface area contributed by atoms with Crippen LogP contribution in [-0.4, -0.2) is 4.92 Å². The van der Waals surface area contributed by atoms with Crippen LogP contribution in [0.15, 0.2) is 46.6 Å². The summed E-state index contributed by atoms with van der Waals surface area (Å²) in [6.45, 7) is 0. The van der Waals surface area contributed by atoms with E-state index >= 15 is 0 Å². The zero-order chi connectivity index (χ0) is 14.7. The first-order chi connectivity index (χ1) is 9.49. The molecule has 0 aliphatic carbocycles. The Labute approximate surface area is 110 Å². The van der Waals surface area contributed by atoms with Crippen molar-refractivity contribution in [1.29, 1.82) is 0 Å². The highest BCUT2D eigenvalue weighted by molar-refractivity contribution is 5.56. The highest BCUT2D eigenvalue weighted by Gasteiger charge is 2.13. The summed E-state index contributed by atoms with van der Waals surface area (Å²) in [5, 5.41) is 17.7. The summed E-state index contributed by atoms with van der Waals surface area (Å²) in [5.41, 5.74) is -0.679. The molecule has 2 rings (SSSR count). The maximum absolute atomic E-state index is 12.9. The molecule has 0 aliphatic rings. The van der Waals surface area contributed by atoms with Gasteiger partial charge < -0.3 is 0 Å². The Morgan fingerprint density at radius 2 is 1.60 bits per heavy atom. The van der Waals surface area contributed by atoms with E-state index in [2.05, 4.69) is 10.2 Å². The minimum absolute atomic E-state index is 0.0809. The number of hydrogen-bond acceptors (Lipinski definition) is 4. The van der Waals surface area contributed by atoms with Crippen molar-refractivity contribution in [3.63, 3.8) is 0 Å². The van der Waals surface area contributed by atoms with Crippen molar-refractivity contribution in [2.75, 3.05) is 0 Å². The van der Waals surface area contributed by atoms with Crippen molar-refractivity contribution in [2.45, 2.75) is 0 Å². The Balaban J connectivity index is 2.37. The third-order valence-corrected chi connectivity index (χ3v) is 2.32. The smallest absolute Gasteiger partial charge is 0.258 e. The van der Waals surface area contributed by atoms with Gasteiger partial charge in [-0.15, -0.1) is 5.11 Å². The minimum atomic E-state index is -1.62. The minimum Gasteiger partial charge on any atom is -0.258 e. The molecule has 0 aliphatic heterocycles. The van der Waals surface area contributed by atoms with Crippen LogP contribution in [-0.2, 0) is 0 Å². The van der Waals surface area contributed by atoms with Gasteiger partial charge in [0.25, 0.3) is 5.69 Å². The number of rotatable bonds is 3. The molecule has 20 heavy (non-hydrogen) atoms. The zero-order valence-electron chi connectivity index (χ0n) is 9.76. The molecular weight excluding hydrogens is 275 g/mol. The van der Waals surface area contributed by atoms with Gasteiger partial charge in [-0.1, -0.05) is 12.1 Å². The molecule has 0 amide bonds. The molecule has 0 heterocycles. The highest BCUT2D eigenvalue weighted by atomic mass is 19.2. The van der Waals surface area contributed by atoms with E-state index in [4.69, 9.17) is 0 Å². The molecule has 5 nitrogen and oxygen atoms in total. The van der Waals surface area contributed by atoms with Gasteiger partial charge in [0.05, 0.1) is 10.6 Å².